The zero-order valence-corrected chi connectivity index (χ0v) is 12.2. The first-order valence-electron chi connectivity index (χ1n) is 7.21. The molecule has 0 aliphatic heterocycles. The summed E-state index contributed by atoms with van der Waals surface area (Å²) in [6.45, 7) is 4.53. The van der Waals surface area contributed by atoms with Crippen molar-refractivity contribution in [2.75, 3.05) is 0 Å². The molecule has 2 unspecified atom stereocenters. The van der Waals surface area contributed by atoms with Gasteiger partial charge < -0.3 is 5.32 Å². The summed E-state index contributed by atoms with van der Waals surface area (Å²) in [5.41, 5.74) is 1.22. The maximum absolute atomic E-state index is 6.25. The molecule has 100 valence electrons. The molecule has 0 aromatic heterocycles. The summed E-state index contributed by atoms with van der Waals surface area (Å²) >= 11 is 6.25. The average molecular weight is 266 g/mol. The maximum Gasteiger partial charge on any atom is 0.0453 e. The zero-order valence-electron chi connectivity index (χ0n) is 11.5. The summed E-state index contributed by atoms with van der Waals surface area (Å²) < 4.78 is 0. The quantitative estimate of drug-likeness (QED) is 0.811. The highest BCUT2D eigenvalue weighted by Crippen LogP contribution is 2.29. The van der Waals surface area contributed by atoms with Crippen molar-refractivity contribution in [3.05, 3.63) is 34.9 Å². The third kappa shape index (κ3) is 3.49. The van der Waals surface area contributed by atoms with Crippen molar-refractivity contribution >= 4 is 11.6 Å². The smallest absolute Gasteiger partial charge is 0.0453 e. The molecule has 0 amide bonds. The lowest BCUT2D eigenvalue weighted by Gasteiger charge is -2.31. The molecule has 2 heteroatoms. The molecule has 0 spiro atoms. The Balaban J connectivity index is 1.95. The Morgan fingerprint density at radius 3 is 2.83 bits per heavy atom. The molecule has 0 heterocycles. The van der Waals surface area contributed by atoms with Crippen LogP contribution in [-0.4, -0.2) is 6.04 Å². The summed E-state index contributed by atoms with van der Waals surface area (Å²) in [7, 11) is 0. The van der Waals surface area contributed by atoms with Gasteiger partial charge in [0.2, 0.25) is 0 Å². The average Bonchev–Trinajstić information content (AvgIpc) is 2.39. The molecule has 0 bridgehead atoms. The maximum atomic E-state index is 6.25. The molecule has 1 aliphatic carbocycles. The molecule has 0 radical (unpaired) electrons. The monoisotopic (exact) mass is 265 g/mol. The van der Waals surface area contributed by atoms with Gasteiger partial charge in [0, 0.05) is 17.1 Å². The first-order valence-corrected chi connectivity index (χ1v) is 7.59. The molecule has 2 rings (SSSR count). The lowest BCUT2D eigenvalue weighted by atomic mass is 9.84. The fourth-order valence-electron chi connectivity index (χ4n) is 3.08. The van der Waals surface area contributed by atoms with E-state index in [0.29, 0.717) is 12.1 Å². The van der Waals surface area contributed by atoms with Crippen LogP contribution in [0.15, 0.2) is 24.3 Å². The minimum atomic E-state index is 0.347. The molecule has 0 saturated heterocycles. The predicted octanol–water partition coefficient (Wildman–Crippen LogP) is 4.96. The number of benzene rings is 1. The van der Waals surface area contributed by atoms with E-state index in [1.54, 1.807) is 0 Å². The molecule has 1 nitrogen and oxygen atoms in total. The molecule has 1 aliphatic rings. The van der Waals surface area contributed by atoms with Gasteiger partial charge in [-0.25, -0.2) is 0 Å². The summed E-state index contributed by atoms with van der Waals surface area (Å²) in [6.07, 6.45) is 6.73. The zero-order chi connectivity index (χ0) is 13.0. The second-order valence-corrected chi connectivity index (χ2v) is 5.95. The van der Waals surface area contributed by atoms with Crippen LogP contribution in [0.3, 0.4) is 0 Å². The van der Waals surface area contributed by atoms with Gasteiger partial charge in [-0.3, -0.25) is 0 Å². The number of rotatable bonds is 4. The SMILES string of the molecule is CCC1CCCC(N[C@@H](C)c2ccccc2Cl)C1. The number of halogens is 1. The third-order valence-electron chi connectivity index (χ3n) is 4.22. The Kier molecular flexibility index (Phi) is 5.08. The summed E-state index contributed by atoms with van der Waals surface area (Å²) in [4.78, 5) is 0. The van der Waals surface area contributed by atoms with Crippen molar-refractivity contribution in [1.82, 2.24) is 5.32 Å². The van der Waals surface area contributed by atoms with Crippen molar-refractivity contribution < 1.29 is 0 Å². The topological polar surface area (TPSA) is 12.0 Å². The van der Waals surface area contributed by atoms with Crippen molar-refractivity contribution in [2.24, 2.45) is 5.92 Å². The van der Waals surface area contributed by atoms with Gasteiger partial charge in [0.25, 0.3) is 0 Å². The second kappa shape index (κ2) is 6.58. The molecule has 3 atom stereocenters. The van der Waals surface area contributed by atoms with Crippen molar-refractivity contribution in [3.8, 4) is 0 Å². The fraction of sp³-hybridized carbons (Fsp3) is 0.625. The van der Waals surface area contributed by atoms with E-state index in [1.807, 2.05) is 12.1 Å². The lowest BCUT2D eigenvalue weighted by molar-refractivity contribution is 0.266. The fourth-order valence-corrected chi connectivity index (χ4v) is 3.38. The molecule has 1 aromatic rings. The summed E-state index contributed by atoms with van der Waals surface area (Å²) in [5, 5.41) is 4.63. The van der Waals surface area contributed by atoms with Crippen molar-refractivity contribution in [1.29, 1.82) is 0 Å². The van der Waals surface area contributed by atoms with Gasteiger partial charge in [-0.15, -0.1) is 0 Å². The van der Waals surface area contributed by atoms with E-state index in [4.69, 9.17) is 11.6 Å². The van der Waals surface area contributed by atoms with Crippen LogP contribution in [0.2, 0.25) is 5.02 Å². The molecular weight excluding hydrogens is 242 g/mol. The van der Waals surface area contributed by atoms with Crippen LogP contribution < -0.4 is 5.32 Å². The van der Waals surface area contributed by atoms with Crippen LogP contribution in [0.25, 0.3) is 0 Å². The first kappa shape index (κ1) is 13.9. The van der Waals surface area contributed by atoms with Crippen molar-refractivity contribution in [3.63, 3.8) is 0 Å². The minimum Gasteiger partial charge on any atom is -0.307 e. The van der Waals surface area contributed by atoms with Crippen LogP contribution in [0.1, 0.15) is 57.6 Å². The Hall–Kier alpha value is -0.530. The Morgan fingerprint density at radius 1 is 1.33 bits per heavy atom. The van der Waals surface area contributed by atoms with Crippen LogP contribution in [-0.2, 0) is 0 Å². The summed E-state index contributed by atoms with van der Waals surface area (Å²) in [6, 6.07) is 9.17. The molecule has 18 heavy (non-hydrogen) atoms. The Bertz CT molecular complexity index is 377. The highest BCUT2D eigenvalue weighted by atomic mass is 35.5. The van der Waals surface area contributed by atoms with Crippen LogP contribution in [0, 0.1) is 5.92 Å². The Labute approximate surface area is 116 Å². The van der Waals surface area contributed by atoms with Gasteiger partial charge in [-0.05, 0) is 37.3 Å². The number of hydrogen-bond acceptors (Lipinski definition) is 1. The van der Waals surface area contributed by atoms with E-state index >= 15 is 0 Å². The second-order valence-electron chi connectivity index (χ2n) is 5.55. The highest BCUT2D eigenvalue weighted by Gasteiger charge is 2.22. The van der Waals surface area contributed by atoms with E-state index in [2.05, 4.69) is 31.3 Å². The molecular formula is C16H24ClN. The van der Waals surface area contributed by atoms with Crippen LogP contribution in [0.5, 0.6) is 0 Å². The van der Waals surface area contributed by atoms with E-state index in [-0.39, 0.29) is 0 Å². The van der Waals surface area contributed by atoms with E-state index in [1.165, 1.54) is 37.7 Å². The molecule has 1 fully saturated rings. The standard InChI is InChI=1S/C16H24ClN/c1-3-13-7-6-8-14(11-13)18-12(2)15-9-4-5-10-16(15)17/h4-5,9-10,12-14,18H,3,6-8,11H2,1-2H3/t12-,13?,14?/m0/s1. The van der Waals surface area contributed by atoms with Gasteiger partial charge in [-0.2, -0.15) is 0 Å². The number of hydrogen-bond donors (Lipinski definition) is 1. The Morgan fingerprint density at radius 2 is 2.11 bits per heavy atom. The highest BCUT2D eigenvalue weighted by molar-refractivity contribution is 6.31. The van der Waals surface area contributed by atoms with E-state index in [0.717, 1.165) is 10.9 Å². The van der Waals surface area contributed by atoms with Crippen LogP contribution in [0.4, 0.5) is 0 Å². The number of nitrogens with one attached hydrogen (secondary N) is 1. The van der Waals surface area contributed by atoms with Gasteiger partial charge in [0.15, 0.2) is 0 Å². The molecule has 1 saturated carbocycles. The predicted molar refractivity (Wildman–Crippen MR) is 79.0 cm³/mol. The third-order valence-corrected chi connectivity index (χ3v) is 4.56. The lowest BCUT2D eigenvalue weighted by Crippen LogP contribution is -2.35. The minimum absolute atomic E-state index is 0.347. The van der Waals surface area contributed by atoms with Gasteiger partial charge in [-0.1, -0.05) is 56.0 Å². The van der Waals surface area contributed by atoms with Crippen molar-refractivity contribution in [2.45, 2.75) is 58.0 Å². The van der Waals surface area contributed by atoms with Crippen LogP contribution >= 0.6 is 11.6 Å². The normalized spacial score (nSPS) is 25.9. The van der Waals surface area contributed by atoms with Gasteiger partial charge in [0.05, 0.1) is 0 Å². The van der Waals surface area contributed by atoms with Gasteiger partial charge in [0.1, 0.15) is 0 Å². The first-order chi connectivity index (χ1) is 8.70. The molecule has 1 aromatic carbocycles. The summed E-state index contributed by atoms with van der Waals surface area (Å²) in [5.74, 6) is 0.912. The molecule has 1 N–H and O–H groups in total. The van der Waals surface area contributed by atoms with E-state index < -0.39 is 0 Å². The van der Waals surface area contributed by atoms with Gasteiger partial charge >= 0.3 is 0 Å². The van der Waals surface area contributed by atoms with E-state index in [9.17, 15) is 0 Å². The largest absolute Gasteiger partial charge is 0.307 e.